The van der Waals surface area contributed by atoms with Crippen LogP contribution in [0.2, 0.25) is 0 Å². The van der Waals surface area contributed by atoms with Crippen LogP contribution in [0.25, 0.3) is 11.0 Å². The number of hydrogen-bond acceptors (Lipinski definition) is 4. The first-order chi connectivity index (χ1) is 11.7. The lowest BCUT2D eigenvalue weighted by Crippen LogP contribution is -2.11. The summed E-state index contributed by atoms with van der Waals surface area (Å²) < 4.78 is 12.9. The van der Waals surface area contributed by atoms with E-state index in [1.165, 1.54) is 0 Å². The number of imidazole rings is 1. The normalized spacial score (nSPS) is 12.3. The standard InChI is InChI=1S/C19H22N2O3/c1-4-12-21-15-10-6-5-9-14(15)20-19(21)17(22)13-8-7-11-16(23-2)18(13)24-3/h5-11,17,22H,4,12H2,1-3H3. The maximum Gasteiger partial charge on any atom is 0.166 e. The van der Waals surface area contributed by atoms with Crippen molar-refractivity contribution in [2.75, 3.05) is 14.2 Å². The minimum atomic E-state index is -0.894. The summed E-state index contributed by atoms with van der Waals surface area (Å²) >= 11 is 0. The van der Waals surface area contributed by atoms with E-state index in [9.17, 15) is 5.11 Å². The zero-order valence-corrected chi connectivity index (χ0v) is 14.2. The van der Waals surface area contributed by atoms with Crippen LogP contribution < -0.4 is 9.47 Å². The number of rotatable bonds is 6. The van der Waals surface area contributed by atoms with Crippen LogP contribution in [0, 0.1) is 0 Å². The molecule has 126 valence electrons. The zero-order valence-electron chi connectivity index (χ0n) is 14.2. The zero-order chi connectivity index (χ0) is 17.1. The highest BCUT2D eigenvalue weighted by molar-refractivity contribution is 5.76. The molecule has 0 saturated carbocycles. The third kappa shape index (κ3) is 2.71. The molecule has 5 heteroatoms. The lowest BCUT2D eigenvalue weighted by Gasteiger charge is -2.18. The van der Waals surface area contributed by atoms with Crippen molar-refractivity contribution in [3.63, 3.8) is 0 Å². The molecule has 3 aromatic rings. The summed E-state index contributed by atoms with van der Waals surface area (Å²) in [5, 5.41) is 11.0. The lowest BCUT2D eigenvalue weighted by molar-refractivity contribution is 0.198. The second kappa shape index (κ2) is 6.93. The number of aliphatic hydroxyl groups excluding tert-OH is 1. The number of hydrogen-bond donors (Lipinski definition) is 1. The molecule has 24 heavy (non-hydrogen) atoms. The monoisotopic (exact) mass is 326 g/mol. The molecule has 0 amide bonds. The van der Waals surface area contributed by atoms with Crippen molar-refractivity contribution >= 4 is 11.0 Å². The van der Waals surface area contributed by atoms with Gasteiger partial charge >= 0.3 is 0 Å². The molecule has 0 aliphatic heterocycles. The van der Waals surface area contributed by atoms with Gasteiger partial charge in [0.25, 0.3) is 0 Å². The first-order valence-corrected chi connectivity index (χ1v) is 8.05. The van der Waals surface area contributed by atoms with E-state index in [2.05, 4.69) is 16.5 Å². The largest absolute Gasteiger partial charge is 0.493 e. The fourth-order valence-electron chi connectivity index (χ4n) is 3.03. The number of para-hydroxylation sites is 3. The maximum absolute atomic E-state index is 11.0. The molecule has 0 fully saturated rings. The first kappa shape index (κ1) is 16.3. The summed E-state index contributed by atoms with van der Waals surface area (Å²) in [6.45, 7) is 2.90. The van der Waals surface area contributed by atoms with E-state index in [0.717, 1.165) is 24.0 Å². The Morgan fingerprint density at radius 1 is 1.08 bits per heavy atom. The van der Waals surface area contributed by atoms with Crippen molar-refractivity contribution in [2.45, 2.75) is 26.0 Å². The molecular formula is C19H22N2O3. The van der Waals surface area contributed by atoms with Gasteiger partial charge in [-0.25, -0.2) is 4.98 Å². The molecule has 1 heterocycles. The van der Waals surface area contributed by atoms with Gasteiger partial charge in [0.1, 0.15) is 11.9 Å². The predicted octanol–water partition coefficient (Wildman–Crippen LogP) is 3.55. The summed E-state index contributed by atoms with van der Waals surface area (Å²) in [6.07, 6.45) is 0.0592. The molecule has 1 N–H and O–H groups in total. The van der Waals surface area contributed by atoms with Gasteiger partial charge in [0, 0.05) is 12.1 Å². The summed E-state index contributed by atoms with van der Waals surface area (Å²) in [7, 11) is 3.16. The molecule has 0 aliphatic rings. The molecule has 1 unspecified atom stereocenters. The number of aromatic nitrogens is 2. The van der Waals surface area contributed by atoms with Crippen molar-refractivity contribution < 1.29 is 14.6 Å². The Bertz CT molecular complexity index is 842. The molecule has 0 bridgehead atoms. The van der Waals surface area contributed by atoms with Gasteiger partial charge in [-0.15, -0.1) is 0 Å². The minimum absolute atomic E-state index is 0.530. The molecule has 0 radical (unpaired) electrons. The van der Waals surface area contributed by atoms with Crippen molar-refractivity contribution in [1.82, 2.24) is 9.55 Å². The van der Waals surface area contributed by atoms with Gasteiger partial charge in [0.2, 0.25) is 0 Å². The van der Waals surface area contributed by atoms with E-state index in [0.29, 0.717) is 22.9 Å². The van der Waals surface area contributed by atoms with E-state index in [-0.39, 0.29) is 0 Å². The van der Waals surface area contributed by atoms with Crippen LogP contribution in [-0.4, -0.2) is 28.9 Å². The predicted molar refractivity (Wildman–Crippen MR) is 93.6 cm³/mol. The van der Waals surface area contributed by atoms with Gasteiger partial charge in [0.15, 0.2) is 11.5 Å². The molecule has 0 aliphatic carbocycles. The van der Waals surface area contributed by atoms with E-state index in [1.54, 1.807) is 14.2 Å². The molecular weight excluding hydrogens is 304 g/mol. The van der Waals surface area contributed by atoms with Crippen LogP contribution in [0.5, 0.6) is 11.5 Å². The Morgan fingerprint density at radius 3 is 2.58 bits per heavy atom. The Kier molecular flexibility index (Phi) is 4.71. The van der Waals surface area contributed by atoms with E-state index < -0.39 is 6.10 Å². The summed E-state index contributed by atoms with van der Waals surface area (Å²) in [5.41, 5.74) is 2.54. The first-order valence-electron chi connectivity index (χ1n) is 8.05. The highest BCUT2D eigenvalue weighted by Gasteiger charge is 2.24. The Hall–Kier alpha value is -2.53. The average Bonchev–Trinajstić information content (AvgIpc) is 2.99. The molecule has 0 saturated heterocycles. The van der Waals surface area contributed by atoms with Crippen molar-refractivity contribution in [2.24, 2.45) is 0 Å². The minimum Gasteiger partial charge on any atom is -0.493 e. The average molecular weight is 326 g/mol. The summed E-state index contributed by atoms with van der Waals surface area (Å²) in [4.78, 5) is 4.66. The van der Waals surface area contributed by atoms with Crippen molar-refractivity contribution in [3.8, 4) is 11.5 Å². The van der Waals surface area contributed by atoms with Gasteiger partial charge < -0.3 is 19.1 Å². The molecule has 0 spiro atoms. The number of methoxy groups -OCH3 is 2. The second-order valence-electron chi connectivity index (χ2n) is 5.60. The van der Waals surface area contributed by atoms with E-state index in [4.69, 9.17) is 9.47 Å². The molecule has 3 rings (SSSR count). The van der Waals surface area contributed by atoms with Crippen LogP contribution in [-0.2, 0) is 6.54 Å². The molecule has 1 atom stereocenters. The van der Waals surface area contributed by atoms with Gasteiger partial charge in [-0.2, -0.15) is 0 Å². The molecule has 5 nitrogen and oxygen atoms in total. The molecule has 2 aromatic carbocycles. The Balaban J connectivity index is 2.15. The quantitative estimate of drug-likeness (QED) is 0.753. The second-order valence-corrected chi connectivity index (χ2v) is 5.60. The van der Waals surface area contributed by atoms with Crippen LogP contribution in [0.3, 0.4) is 0 Å². The SMILES string of the molecule is CCCn1c(C(O)c2cccc(OC)c2OC)nc2ccccc21. The third-order valence-electron chi connectivity index (χ3n) is 4.10. The van der Waals surface area contributed by atoms with Crippen LogP contribution in [0.1, 0.15) is 30.8 Å². The Morgan fingerprint density at radius 2 is 1.88 bits per heavy atom. The number of benzene rings is 2. The van der Waals surface area contributed by atoms with Crippen LogP contribution in [0.4, 0.5) is 0 Å². The smallest absolute Gasteiger partial charge is 0.166 e. The van der Waals surface area contributed by atoms with Gasteiger partial charge in [-0.3, -0.25) is 0 Å². The summed E-state index contributed by atoms with van der Waals surface area (Å²) in [5.74, 6) is 1.74. The van der Waals surface area contributed by atoms with Crippen molar-refractivity contribution in [1.29, 1.82) is 0 Å². The third-order valence-corrected chi connectivity index (χ3v) is 4.10. The van der Waals surface area contributed by atoms with Crippen LogP contribution >= 0.6 is 0 Å². The van der Waals surface area contributed by atoms with Gasteiger partial charge in [0.05, 0.1) is 25.3 Å². The Labute approximate surface area is 141 Å². The lowest BCUT2D eigenvalue weighted by atomic mass is 10.1. The fraction of sp³-hybridized carbons (Fsp3) is 0.316. The number of ether oxygens (including phenoxy) is 2. The number of fused-ring (bicyclic) bond motifs is 1. The van der Waals surface area contributed by atoms with E-state index in [1.807, 2.05) is 42.5 Å². The van der Waals surface area contributed by atoms with Crippen LogP contribution in [0.15, 0.2) is 42.5 Å². The number of aryl methyl sites for hydroxylation is 1. The van der Waals surface area contributed by atoms with Crippen molar-refractivity contribution in [3.05, 3.63) is 53.9 Å². The maximum atomic E-state index is 11.0. The van der Waals surface area contributed by atoms with E-state index >= 15 is 0 Å². The fourth-order valence-corrected chi connectivity index (χ4v) is 3.03. The van der Waals surface area contributed by atoms with Gasteiger partial charge in [-0.1, -0.05) is 31.2 Å². The number of nitrogens with zero attached hydrogens (tertiary/aromatic N) is 2. The topological polar surface area (TPSA) is 56.5 Å². The summed E-state index contributed by atoms with van der Waals surface area (Å²) in [6, 6.07) is 13.4. The highest BCUT2D eigenvalue weighted by Crippen LogP contribution is 2.37. The highest BCUT2D eigenvalue weighted by atomic mass is 16.5. The molecule has 1 aromatic heterocycles. The van der Waals surface area contributed by atoms with Gasteiger partial charge in [-0.05, 0) is 24.6 Å². The number of aliphatic hydroxyl groups is 1.